The van der Waals surface area contributed by atoms with E-state index in [2.05, 4.69) is 0 Å². The summed E-state index contributed by atoms with van der Waals surface area (Å²) in [5.41, 5.74) is 6.29. The normalized spacial score (nSPS) is 13.7. The molecule has 0 bridgehead atoms. The van der Waals surface area contributed by atoms with Gasteiger partial charge in [-0.2, -0.15) is 0 Å². The highest BCUT2D eigenvalue weighted by Gasteiger charge is 2.24. The van der Waals surface area contributed by atoms with Gasteiger partial charge in [-0.15, -0.1) is 0 Å². The highest BCUT2D eigenvalue weighted by atomic mass is 32.2. The summed E-state index contributed by atoms with van der Waals surface area (Å²) in [5, 5.41) is -0.450. The molecule has 2 N–H and O–H groups in total. The fourth-order valence-corrected chi connectivity index (χ4v) is 3.04. The first-order chi connectivity index (χ1) is 7.11. The van der Waals surface area contributed by atoms with E-state index >= 15 is 0 Å². The lowest BCUT2D eigenvalue weighted by Gasteiger charge is -2.16. The summed E-state index contributed by atoms with van der Waals surface area (Å²) in [5.74, 6) is 0.159. The molecule has 1 rings (SSSR count). The molecule has 0 fully saturated rings. The number of rotatable bonds is 5. The molecule has 1 unspecified atom stereocenters. The molecule has 0 saturated carbocycles. The van der Waals surface area contributed by atoms with Crippen molar-refractivity contribution in [2.75, 3.05) is 12.3 Å². The molecule has 0 spiro atoms. The van der Waals surface area contributed by atoms with Crippen LogP contribution in [0.1, 0.15) is 24.2 Å². The zero-order valence-electron chi connectivity index (χ0n) is 8.89. The topological polar surface area (TPSA) is 60.2 Å². The molecule has 15 heavy (non-hydrogen) atoms. The summed E-state index contributed by atoms with van der Waals surface area (Å²) in [6.45, 7) is 2.06. The molecule has 0 aliphatic heterocycles. The zero-order valence-corrected chi connectivity index (χ0v) is 9.70. The second-order valence-corrected chi connectivity index (χ2v) is 5.90. The minimum absolute atomic E-state index is 0.159. The standard InChI is InChI=1S/C11H17NO2S/c1-2-15(13,14)11(8-9-12)10-6-4-3-5-7-10/h3-7,11H,2,8-9,12H2,1H3. The van der Waals surface area contributed by atoms with Gasteiger partial charge in [-0.05, 0) is 18.5 Å². The number of hydrogen-bond acceptors (Lipinski definition) is 3. The van der Waals surface area contributed by atoms with Gasteiger partial charge in [0.1, 0.15) is 0 Å². The first-order valence-corrected chi connectivity index (χ1v) is 6.80. The molecule has 0 amide bonds. The third kappa shape index (κ3) is 3.04. The van der Waals surface area contributed by atoms with Crippen LogP contribution in [0.4, 0.5) is 0 Å². The van der Waals surface area contributed by atoms with Crippen molar-refractivity contribution in [3.8, 4) is 0 Å². The van der Waals surface area contributed by atoms with Crippen molar-refractivity contribution >= 4 is 9.84 Å². The lowest BCUT2D eigenvalue weighted by atomic mass is 10.1. The predicted molar refractivity (Wildman–Crippen MR) is 62.3 cm³/mol. The van der Waals surface area contributed by atoms with Crippen LogP contribution in [-0.2, 0) is 9.84 Å². The minimum Gasteiger partial charge on any atom is -0.330 e. The smallest absolute Gasteiger partial charge is 0.157 e. The predicted octanol–water partition coefficient (Wildman–Crippen LogP) is 1.51. The maximum atomic E-state index is 11.8. The van der Waals surface area contributed by atoms with Crippen LogP contribution in [0.25, 0.3) is 0 Å². The molecule has 1 aromatic carbocycles. The Balaban J connectivity index is 3.04. The molecular formula is C11H17NO2S. The highest BCUT2D eigenvalue weighted by Crippen LogP contribution is 2.25. The van der Waals surface area contributed by atoms with Crippen LogP contribution in [0.3, 0.4) is 0 Å². The molecular weight excluding hydrogens is 210 g/mol. The number of nitrogens with two attached hydrogens (primary N) is 1. The van der Waals surface area contributed by atoms with E-state index in [4.69, 9.17) is 5.73 Å². The monoisotopic (exact) mass is 227 g/mol. The van der Waals surface area contributed by atoms with Crippen molar-refractivity contribution in [3.05, 3.63) is 35.9 Å². The van der Waals surface area contributed by atoms with E-state index in [1.54, 1.807) is 6.92 Å². The van der Waals surface area contributed by atoms with Gasteiger partial charge in [-0.1, -0.05) is 37.3 Å². The first-order valence-electron chi connectivity index (χ1n) is 5.08. The van der Waals surface area contributed by atoms with E-state index in [0.717, 1.165) is 5.56 Å². The van der Waals surface area contributed by atoms with Gasteiger partial charge in [0.15, 0.2) is 9.84 Å². The van der Waals surface area contributed by atoms with Crippen LogP contribution in [0.15, 0.2) is 30.3 Å². The van der Waals surface area contributed by atoms with Crippen molar-refractivity contribution in [2.45, 2.75) is 18.6 Å². The van der Waals surface area contributed by atoms with E-state index in [-0.39, 0.29) is 5.75 Å². The highest BCUT2D eigenvalue weighted by molar-refractivity contribution is 7.91. The molecule has 0 saturated heterocycles. The van der Waals surface area contributed by atoms with Gasteiger partial charge in [-0.3, -0.25) is 0 Å². The van der Waals surface area contributed by atoms with Crippen molar-refractivity contribution in [1.82, 2.24) is 0 Å². The van der Waals surface area contributed by atoms with Crippen LogP contribution in [0.5, 0.6) is 0 Å². The quantitative estimate of drug-likeness (QED) is 0.829. The molecule has 1 atom stereocenters. The molecule has 0 heterocycles. The maximum absolute atomic E-state index is 11.8. The lowest BCUT2D eigenvalue weighted by molar-refractivity contribution is 0.577. The van der Waals surface area contributed by atoms with E-state index in [9.17, 15) is 8.42 Å². The Hall–Kier alpha value is -0.870. The van der Waals surface area contributed by atoms with Crippen molar-refractivity contribution in [1.29, 1.82) is 0 Å². The Morgan fingerprint density at radius 3 is 2.33 bits per heavy atom. The van der Waals surface area contributed by atoms with Gasteiger partial charge < -0.3 is 5.73 Å². The molecule has 4 heteroatoms. The van der Waals surface area contributed by atoms with Crippen LogP contribution >= 0.6 is 0 Å². The Bertz CT molecular complexity index is 386. The van der Waals surface area contributed by atoms with Crippen LogP contribution in [0.2, 0.25) is 0 Å². The summed E-state index contributed by atoms with van der Waals surface area (Å²) < 4.78 is 23.7. The molecule has 3 nitrogen and oxygen atoms in total. The summed E-state index contributed by atoms with van der Waals surface area (Å²) in [6, 6.07) is 9.26. The van der Waals surface area contributed by atoms with Crippen LogP contribution < -0.4 is 5.73 Å². The maximum Gasteiger partial charge on any atom is 0.157 e. The Morgan fingerprint density at radius 2 is 1.87 bits per heavy atom. The van der Waals surface area contributed by atoms with Gasteiger partial charge in [0.05, 0.1) is 5.25 Å². The number of benzene rings is 1. The zero-order chi connectivity index (χ0) is 11.3. The third-order valence-corrected chi connectivity index (χ3v) is 4.62. The molecule has 1 aromatic rings. The molecule has 84 valence electrons. The third-order valence-electron chi connectivity index (χ3n) is 2.44. The van der Waals surface area contributed by atoms with E-state index < -0.39 is 15.1 Å². The molecule has 0 aliphatic carbocycles. The van der Waals surface area contributed by atoms with Gasteiger partial charge in [0.2, 0.25) is 0 Å². The Kier molecular flexibility index (Phi) is 4.29. The SMILES string of the molecule is CCS(=O)(=O)C(CCN)c1ccccc1. The summed E-state index contributed by atoms with van der Waals surface area (Å²) in [6.07, 6.45) is 0.486. The minimum atomic E-state index is -3.06. The lowest BCUT2D eigenvalue weighted by Crippen LogP contribution is -2.18. The fourth-order valence-electron chi connectivity index (χ4n) is 1.57. The average Bonchev–Trinajstić information content (AvgIpc) is 2.27. The van der Waals surface area contributed by atoms with Gasteiger partial charge in [0, 0.05) is 5.75 Å². The Labute approximate surface area is 91.2 Å². The van der Waals surface area contributed by atoms with Crippen LogP contribution in [-0.4, -0.2) is 20.7 Å². The average molecular weight is 227 g/mol. The van der Waals surface area contributed by atoms with E-state index in [1.807, 2.05) is 30.3 Å². The van der Waals surface area contributed by atoms with Gasteiger partial charge >= 0.3 is 0 Å². The largest absolute Gasteiger partial charge is 0.330 e. The molecule has 0 radical (unpaired) electrons. The van der Waals surface area contributed by atoms with Crippen LogP contribution in [0, 0.1) is 0 Å². The summed E-state index contributed by atoms with van der Waals surface area (Å²) in [7, 11) is -3.06. The molecule has 0 aromatic heterocycles. The first kappa shape index (κ1) is 12.2. The summed E-state index contributed by atoms with van der Waals surface area (Å²) >= 11 is 0. The van der Waals surface area contributed by atoms with E-state index in [1.165, 1.54) is 0 Å². The number of sulfone groups is 1. The van der Waals surface area contributed by atoms with Crippen molar-refractivity contribution < 1.29 is 8.42 Å². The van der Waals surface area contributed by atoms with Crippen molar-refractivity contribution in [2.24, 2.45) is 5.73 Å². The van der Waals surface area contributed by atoms with Gasteiger partial charge in [0.25, 0.3) is 0 Å². The second kappa shape index (κ2) is 5.28. The molecule has 0 aliphatic rings. The van der Waals surface area contributed by atoms with Crippen molar-refractivity contribution in [3.63, 3.8) is 0 Å². The van der Waals surface area contributed by atoms with E-state index in [0.29, 0.717) is 13.0 Å². The summed E-state index contributed by atoms with van der Waals surface area (Å²) in [4.78, 5) is 0. The Morgan fingerprint density at radius 1 is 1.27 bits per heavy atom. The fraction of sp³-hybridized carbons (Fsp3) is 0.455. The number of hydrogen-bond donors (Lipinski definition) is 1. The van der Waals surface area contributed by atoms with Gasteiger partial charge in [-0.25, -0.2) is 8.42 Å². The second-order valence-electron chi connectivity index (χ2n) is 3.43.